The molecule has 1 unspecified atom stereocenters. The second kappa shape index (κ2) is 11.9. The van der Waals surface area contributed by atoms with Crippen molar-refractivity contribution < 1.29 is 14.3 Å². The Kier molecular flexibility index (Phi) is 10.5. The molecule has 0 aromatic rings. The Labute approximate surface area is 136 Å². The van der Waals surface area contributed by atoms with Crippen LogP contribution in [0.3, 0.4) is 0 Å². The number of unbranched alkanes of at least 4 members (excludes halogenated alkanes) is 9. The summed E-state index contributed by atoms with van der Waals surface area (Å²) in [6.45, 7) is 5.45. The monoisotopic (exact) mass is 313 g/mol. The van der Waals surface area contributed by atoms with Crippen molar-refractivity contribution >= 4 is 5.97 Å². The first-order valence-corrected chi connectivity index (χ1v) is 9.33. The normalized spacial score (nSPS) is 21.2. The highest BCUT2D eigenvalue weighted by molar-refractivity contribution is 5.69. The van der Waals surface area contributed by atoms with E-state index in [4.69, 9.17) is 9.47 Å². The number of hydrogen-bond acceptors (Lipinski definition) is 4. The summed E-state index contributed by atoms with van der Waals surface area (Å²) in [4.78, 5) is 11.5. The van der Waals surface area contributed by atoms with E-state index >= 15 is 0 Å². The molecular formula is C18H35NO3. The van der Waals surface area contributed by atoms with Gasteiger partial charge in [-0.25, -0.2) is 0 Å². The number of nitrogens with one attached hydrogen (secondary N) is 1. The Morgan fingerprint density at radius 1 is 1.00 bits per heavy atom. The fraction of sp³-hybridized carbons (Fsp3) is 0.944. The lowest BCUT2D eigenvalue weighted by molar-refractivity contribution is -0.225. The molecule has 22 heavy (non-hydrogen) atoms. The predicted molar refractivity (Wildman–Crippen MR) is 89.5 cm³/mol. The molecule has 1 heterocycles. The molecule has 1 rings (SSSR count). The van der Waals surface area contributed by atoms with Crippen LogP contribution in [0, 0.1) is 0 Å². The SMILES string of the molecule is CCCCCCCCCCCCC1(OC(=O)CC)NCCO1. The van der Waals surface area contributed by atoms with E-state index in [9.17, 15) is 4.79 Å². The molecule has 0 radical (unpaired) electrons. The second-order valence-electron chi connectivity index (χ2n) is 6.29. The van der Waals surface area contributed by atoms with Gasteiger partial charge in [-0.05, 0) is 6.42 Å². The summed E-state index contributed by atoms with van der Waals surface area (Å²) in [5.41, 5.74) is 0. The van der Waals surface area contributed by atoms with Crippen LogP contribution in [-0.2, 0) is 14.3 Å². The zero-order valence-corrected chi connectivity index (χ0v) is 14.6. The molecule has 1 aliphatic heterocycles. The average molecular weight is 313 g/mol. The zero-order chi connectivity index (χ0) is 16.1. The van der Waals surface area contributed by atoms with E-state index < -0.39 is 5.91 Å². The smallest absolute Gasteiger partial charge is 0.309 e. The Hall–Kier alpha value is -0.610. The van der Waals surface area contributed by atoms with Crippen molar-refractivity contribution in [2.45, 2.75) is 96.8 Å². The van der Waals surface area contributed by atoms with Crippen LogP contribution in [0.1, 0.15) is 90.9 Å². The van der Waals surface area contributed by atoms with Crippen LogP contribution in [0.25, 0.3) is 0 Å². The van der Waals surface area contributed by atoms with E-state index in [1.807, 2.05) is 6.92 Å². The van der Waals surface area contributed by atoms with Crippen molar-refractivity contribution in [1.82, 2.24) is 5.32 Å². The second-order valence-corrected chi connectivity index (χ2v) is 6.29. The average Bonchev–Trinajstić information content (AvgIpc) is 2.97. The van der Waals surface area contributed by atoms with Gasteiger partial charge in [0.2, 0.25) is 0 Å². The van der Waals surface area contributed by atoms with Gasteiger partial charge in [-0.15, -0.1) is 0 Å². The predicted octanol–water partition coefficient (Wildman–Crippen LogP) is 4.52. The standard InChI is InChI=1S/C18H35NO3/c1-3-5-6-7-8-9-10-11-12-13-14-18(19-15-16-21-18)22-17(20)4-2/h19H,3-16H2,1-2H3. The summed E-state index contributed by atoms with van der Waals surface area (Å²) < 4.78 is 11.1. The van der Waals surface area contributed by atoms with Crippen LogP contribution in [0.2, 0.25) is 0 Å². The summed E-state index contributed by atoms with van der Waals surface area (Å²) in [6, 6.07) is 0. The number of ether oxygens (including phenoxy) is 2. The Balaban J connectivity index is 2.03. The molecule has 0 bridgehead atoms. The van der Waals surface area contributed by atoms with E-state index in [0.29, 0.717) is 13.0 Å². The van der Waals surface area contributed by atoms with Crippen molar-refractivity contribution in [2.75, 3.05) is 13.2 Å². The molecule has 1 N–H and O–H groups in total. The van der Waals surface area contributed by atoms with Gasteiger partial charge in [-0.1, -0.05) is 71.6 Å². The van der Waals surface area contributed by atoms with Gasteiger partial charge in [0.05, 0.1) is 6.61 Å². The molecule has 0 saturated carbocycles. The number of rotatable bonds is 13. The van der Waals surface area contributed by atoms with Gasteiger partial charge in [-0.3, -0.25) is 10.1 Å². The molecule has 0 amide bonds. The van der Waals surface area contributed by atoms with E-state index in [2.05, 4.69) is 12.2 Å². The lowest BCUT2D eigenvalue weighted by Crippen LogP contribution is -2.45. The lowest BCUT2D eigenvalue weighted by atomic mass is 10.1. The largest absolute Gasteiger partial charge is 0.419 e. The summed E-state index contributed by atoms with van der Waals surface area (Å²) in [5.74, 6) is -1.03. The molecule has 0 aromatic carbocycles. The van der Waals surface area contributed by atoms with Crippen LogP contribution >= 0.6 is 0 Å². The van der Waals surface area contributed by atoms with Crippen molar-refractivity contribution in [2.24, 2.45) is 0 Å². The quantitative estimate of drug-likeness (QED) is 0.401. The first kappa shape index (κ1) is 19.4. The maximum atomic E-state index is 11.5. The van der Waals surface area contributed by atoms with Crippen molar-refractivity contribution in [3.63, 3.8) is 0 Å². The molecular weight excluding hydrogens is 278 g/mol. The van der Waals surface area contributed by atoms with Gasteiger partial charge >= 0.3 is 5.97 Å². The van der Waals surface area contributed by atoms with Gasteiger partial charge in [0.25, 0.3) is 5.91 Å². The van der Waals surface area contributed by atoms with Crippen LogP contribution < -0.4 is 5.32 Å². The van der Waals surface area contributed by atoms with E-state index in [1.54, 1.807) is 0 Å². The molecule has 1 atom stereocenters. The van der Waals surface area contributed by atoms with Crippen molar-refractivity contribution in [3.8, 4) is 0 Å². The van der Waals surface area contributed by atoms with Gasteiger partial charge < -0.3 is 9.47 Å². The molecule has 0 aromatic heterocycles. The first-order valence-electron chi connectivity index (χ1n) is 9.33. The third-order valence-electron chi connectivity index (χ3n) is 4.26. The minimum Gasteiger partial charge on any atom is -0.419 e. The highest BCUT2D eigenvalue weighted by atomic mass is 16.7. The number of carbonyl (C=O) groups is 1. The van der Waals surface area contributed by atoms with E-state index in [0.717, 1.165) is 19.4 Å². The van der Waals surface area contributed by atoms with Gasteiger partial charge in [0, 0.05) is 19.4 Å². The first-order chi connectivity index (χ1) is 10.7. The summed E-state index contributed by atoms with van der Waals surface area (Å²) in [5, 5.41) is 3.20. The fourth-order valence-corrected chi connectivity index (χ4v) is 2.89. The van der Waals surface area contributed by atoms with Crippen molar-refractivity contribution in [1.29, 1.82) is 0 Å². The molecule has 4 heteroatoms. The van der Waals surface area contributed by atoms with Crippen LogP contribution in [0.4, 0.5) is 0 Å². The Morgan fingerprint density at radius 3 is 2.09 bits per heavy atom. The Morgan fingerprint density at radius 2 is 1.59 bits per heavy atom. The van der Waals surface area contributed by atoms with Crippen LogP contribution in [0.5, 0.6) is 0 Å². The third kappa shape index (κ3) is 8.14. The topological polar surface area (TPSA) is 47.6 Å². The third-order valence-corrected chi connectivity index (χ3v) is 4.26. The maximum Gasteiger partial charge on any atom is 0.309 e. The van der Waals surface area contributed by atoms with Crippen LogP contribution in [-0.4, -0.2) is 25.0 Å². The molecule has 130 valence electrons. The zero-order valence-electron chi connectivity index (χ0n) is 14.6. The van der Waals surface area contributed by atoms with Gasteiger partial charge in [0.15, 0.2) is 0 Å². The summed E-state index contributed by atoms with van der Waals surface area (Å²) in [7, 11) is 0. The number of esters is 1. The molecule has 1 fully saturated rings. The molecule has 0 aliphatic carbocycles. The minimum absolute atomic E-state index is 0.193. The van der Waals surface area contributed by atoms with E-state index in [1.165, 1.54) is 57.8 Å². The van der Waals surface area contributed by atoms with Gasteiger partial charge in [-0.2, -0.15) is 0 Å². The Bertz CT molecular complexity index is 288. The lowest BCUT2D eigenvalue weighted by Gasteiger charge is -2.27. The van der Waals surface area contributed by atoms with Gasteiger partial charge in [0.1, 0.15) is 0 Å². The number of hydrogen-bond donors (Lipinski definition) is 1. The highest BCUT2D eigenvalue weighted by Gasteiger charge is 2.37. The molecule has 1 saturated heterocycles. The summed E-state index contributed by atoms with van der Waals surface area (Å²) >= 11 is 0. The minimum atomic E-state index is -0.840. The summed E-state index contributed by atoms with van der Waals surface area (Å²) in [6.07, 6.45) is 14.2. The highest BCUT2D eigenvalue weighted by Crippen LogP contribution is 2.23. The van der Waals surface area contributed by atoms with Crippen molar-refractivity contribution in [3.05, 3.63) is 0 Å². The molecule has 0 spiro atoms. The van der Waals surface area contributed by atoms with E-state index in [-0.39, 0.29) is 5.97 Å². The van der Waals surface area contributed by atoms with Crippen LogP contribution in [0.15, 0.2) is 0 Å². The fourth-order valence-electron chi connectivity index (χ4n) is 2.89. The molecule has 1 aliphatic rings. The number of carbonyl (C=O) groups excluding carboxylic acids is 1. The maximum absolute atomic E-state index is 11.5. The molecule has 4 nitrogen and oxygen atoms in total.